The highest BCUT2D eigenvalue weighted by molar-refractivity contribution is 5.67. The van der Waals surface area contributed by atoms with Gasteiger partial charge >= 0.3 is 5.97 Å². The van der Waals surface area contributed by atoms with Crippen LogP contribution in [0.15, 0.2) is 24.3 Å². The number of aliphatic carboxylic acids is 1. The highest BCUT2D eigenvalue weighted by atomic mass is 16.5. The van der Waals surface area contributed by atoms with Crippen molar-refractivity contribution < 1.29 is 14.6 Å². The first kappa shape index (κ1) is 12.6. The van der Waals surface area contributed by atoms with Gasteiger partial charge < -0.3 is 9.84 Å². The number of hydrogen-bond acceptors (Lipinski definition) is 2. The average molecular weight is 222 g/mol. The summed E-state index contributed by atoms with van der Waals surface area (Å²) in [5.41, 5.74) is 1.28. The second-order valence-corrected chi connectivity index (χ2v) is 3.92. The molecular weight excluding hydrogens is 204 g/mol. The Hall–Kier alpha value is -1.51. The van der Waals surface area contributed by atoms with Crippen LogP contribution in [0, 0.1) is 0 Å². The lowest BCUT2D eigenvalue weighted by Crippen LogP contribution is -2.16. The molecule has 0 aliphatic carbocycles. The van der Waals surface area contributed by atoms with E-state index in [0.717, 1.165) is 18.6 Å². The Morgan fingerprint density at radius 1 is 1.38 bits per heavy atom. The third-order valence-electron chi connectivity index (χ3n) is 2.26. The highest BCUT2D eigenvalue weighted by Gasteiger charge is 2.08. The second-order valence-electron chi connectivity index (χ2n) is 3.92. The van der Waals surface area contributed by atoms with E-state index in [1.165, 1.54) is 5.56 Å². The first-order valence-electron chi connectivity index (χ1n) is 5.59. The maximum atomic E-state index is 10.5. The van der Waals surface area contributed by atoms with Crippen LogP contribution in [0.3, 0.4) is 0 Å². The van der Waals surface area contributed by atoms with Crippen molar-refractivity contribution in [2.75, 3.05) is 0 Å². The van der Waals surface area contributed by atoms with Gasteiger partial charge in [-0.25, -0.2) is 0 Å². The molecule has 0 fully saturated rings. The van der Waals surface area contributed by atoms with Crippen LogP contribution < -0.4 is 4.74 Å². The van der Waals surface area contributed by atoms with Crippen LogP contribution in [-0.4, -0.2) is 17.2 Å². The number of ether oxygens (including phenoxy) is 1. The molecule has 3 nitrogen and oxygen atoms in total. The van der Waals surface area contributed by atoms with E-state index < -0.39 is 5.97 Å². The summed E-state index contributed by atoms with van der Waals surface area (Å²) < 4.78 is 5.48. The summed E-state index contributed by atoms with van der Waals surface area (Å²) in [6.07, 6.45) is 1.91. The maximum Gasteiger partial charge on any atom is 0.307 e. The molecule has 16 heavy (non-hydrogen) atoms. The Kier molecular flexibility index (Phi) is 4.83. The number of aryl methyl sites for hydroxylation is 1. The van der Waals surface area contributed by atoms with E-state index in [2.05, 4.69) is 6.92 Å². The van der Waals surface area contributed by atoms with Gasteiger partial charge in [0.25, 0.3) is 0 Å². The van der Waals surface area contributed by atoms with E-state index in [1.54, 1.807) is 6.92 Å². The zero-order valence-corrected chi connectivity index (χ0v) is 9.77. The Labute approximate surface area is 96.1 Å². The van der Waals surface area contributed by atoms with Crippen molar-refractivity contribution in [3.05, 3.63) is 29.8 Å². The van der Waals surface area contributed by atoms with Crippen molar-refractivity contribution in [1.29, 1.82) is 0 Å². The molecule has 0 spiro atoms. The molecule has 0 saturated carbocycles. The van der Waals surface area contributed by atoms with Crippen LogP contribution in [0.5, 0.6) is 5.75 Å². The quantitative estimate of drug-likeness (QED) is 0.805. The second kappa shape index (κ2) is 6.16. The number of hydrogen-bond donors (Lipinski definition) is 1. The molecule has 3 heteroatoms. The van der Waals surface area contributed by atoms with E-state index in [-0.39, 0.29) is 12.5 Å². The van der Waals surface area contributed by atoms with Gasteiger partial charge in [0, 0.05) is 0 Å². The van der Waals surface area contributed by atoms with Crippen LogP contribution in [0.4, 0.5) is 0 Å². The highest BCUT2D eigenvalue weighted by Crippen LogP contribution is 2.15. The average Bonchev–Trinajstić information content (AvgIpc) is 2.20. The fourth-order valence-corrected chi connectivity index (χ4v) is 1.54. The van der Waals surface area contributed by atoms with Gasteiger partial charge in [0.1, 0.15) is 11.9 Å². The van der Waals surface area contributed by atoms with Crippen molar-refractivity contribution >= 4 is 5.97 Å². The lowest BCUT2D eigenvalue weighted by Gasteiger charge is -2.12. The molecule has 0 radical (unpaired) electrons. The Morgan fingerprint density at radius 2 is 2.00 bits per heavy atom. The number of carboxylic acid groups (broad SMARTS) is 1. The van der Waals surface area contributed by atoms with Gasteiger partial charge in [-0.1, -0.05) is 25.5 Å². The molecule has 0 bridgehead atoms. The van der Waals surface area contributed by atoms with Gasteiger partial charge in [0.2, 0.25) is 0 Å². The lowest BCUT2D eigenvalue weighted by atomic mass is 10.1. The van der Waals surface area contributed by atoms with E-state index in [9.17, 15) is 4.79 Å². The van der Waals surface area contributed by atoms with Gasteiger partial charge in [-0.2, -0.15) is 0 Å². The van der Waals surface area contributed by atoms with Crippen LogP contribution in [0.1, 0.15) is 32.3 Å². The van der Waals surface area contributed by atoms with Gasteiger partial charge in [-0.15, -0.1) is 0 Å². The molecule has 0 aliphatic heterocycles. The molecule has 0 aromatic heterocycles. The molecule has 1 aromatic rings. The zero-order chi connectivity index (χ0) is 12.0. The van der Waals surface area contributed by atoms with Crippen LogP contribution in [0.2, 0.25) is 0 Å². The summed E-state index contributed by atoms with van der Waals surface area (Å²) in [7, 11) is 0. The minimum Gasteiger partial charge on any atom is -0.490 e. The van der Waals surface area contributed by atoms with E-state index in [0.29, 0.717) is 0 Å². The topological polar surface area (TPSA) is 46.5 Å². The maximum absolute atomic E-state index is 10.5. The summed E-state index contributed by atoms with van der Waals surface area (Å²) in [6, 6.07) is 7.82. The number of carboxylic acids is 1. The lowest BCUT2D eigenvalue weighted by molar-refractivity contribution is -0.138. The normalized spacial score (nSPS) is 12.1. The van der Waals surface area contributed by atoms with E-state index >= 15 is 0 Å². The third kappa shape index (κ3) is 4.34. The summed E-state index contributed by atoms with van der Waals surface area (Å²) >= 11 is 0. The Balaban J connectivity index is 2.51. The molecule has 1 rings (SSSR count). The fraction of sp³-hybridized carbons (Fsp3) is 0.462. The first-order chi connectivity index (χ1) is 7.61. The summed E-state index contributed by atoms with van der Waals surface area (Å²) in [5, 5.41) is 8.60. The molecule has 1 aromatic carbocycles. The third-order valence-corrected chi connectivity index (χ3v) is 2.26. The predicted molar refractivity (Wildman–Crippen MR) is 62.8 cm³/mol. The number of carbonyl (C=O) groups is 1. The van der Waals surface area contributed by atoms with Gasteiger partial charge in [0.05, 0.1) is 6.42 Å². The largest absolute Gasteiger partial charge is 0.490 e. The van der Waals surface area contributed by atoms with Crippen molar-refractivity contribution in [2.24, 2.45) is 0 Å². The molecule has 1 atom stereocenters. The summed E-state index contributed by atoms with van der Waals surface area (Å²) in [4.78, 5) is 10.5. The van der Waals surface area contributed by atoms with Crippen molar-refractivity contribution in [3.63, 3.8) is 0 Å². The molecule has 88 valence electrons. The van der Waals surface area contributed by atoms with Crippen LogP contribution >= 0.6 is 0 Å². The Bertz CT molecular complexity index is 330. The smallest absolute Gasteiger partial charge is 0.307 e. The monoisotopic (exact) mass is 222 g/mol. The predicted octanol–water partition coefficient (Wildman–Crippen LogP) is 2.88. The standard InChI is InChI=1S/C13H18O3/c1-3-4-11-5-7-12(8-6-11)16-10(2)9-13(14)15/h5-8,10H,3-4,9H2,1-2H3,(H,14,15)/t10-/m0/s1. The molecule has 1 N–H and O–H groups in total. The summed E-state index contributed by atoms with van der Waals surface area (Å²) in [6.45, 7) is 3.90. The van der Waals surface area contributed by atoms with Crippen LogP contribution in [0.25, 0.3) is 0 Å². The number of benzene rings is 1. The SMILES string of the molecule is CCCc1ccc(O[C@@H](C)CC(=O)O)cc1. The fourth-order valence-electron chi connectivity index (χ4n) is 1.54. The van der Waals surface area contributed by atoms with Crippen LogP contribution in [-0.2, 0) is 11.2 Å². The minimum absolute atomic E-state index is 0.0245. The number of rotatable bonds is 6. The summed E-state index contributed by atoms with van der Waals surface area (Å²) in [5.74, 6) is -0.108. The van der Waals surface area contributed by atoms with Gasteiger partial charge in [0.15, 0.2) is 0 Å². The van der Waals surface area contributed by atoms with E-state index in [1.807, 2.05) is 24.3 Å². The minimum atomic E-state index is -0.838. The van der Waals surface area contributed by atoms with Gasteiger partial charge in [-0.3, -0.25) is 4.79 Å². The molecule has 0 amide bonds. The zero-order valence-electron chi connectivity index (χ0n) is 9.77. The molecule has 0 unspecified atom stereocenters. The Morgan fingerprint density at radius 3 is 2.50 bits per heavy atom. The molecular formula is C13H18O3. The van der Waals surface area contributed by atoms with Gasteiger partial charge in [-0.05, 0) is 31.0 Å². The van der Waals surface area contributed by atoms with Crippen molar-refractivity contribution in [3.8, 4) is 5.75 Å². The molecule has 0 saturated heterocycles. The van der Waals surface area contributed by atoms with Crippen molar-refractivity contribution in [2.45, 2.75) is 39.2 Å². The van der Waals surface area contributed by atoms with E-state index in [4.69, 9.17) is 9.84 Å². The molecule has 0 heterocycles. The first-order valence-corrected chi connectivity index (χ1v) is 5.59. The van der Waals surface area contributed by atoms with Crippen molar-refractivity contribution in [1.82, 2.24) is 0 Å². The molecule has 0 aliphatic rings.